The standard InChI is InChI=1S/C19H15Cl2N3O2S/c1-23(2)12-8-6-11(7-9-12)10-13-17(25)22-19(27)24(18(13)26)15-5-3-4-14(20)16(15)21/h3-10H,1-2H3,(H,22,25,27)/b13-10+. The number of rotatable bonds is 3. The molecule has 0 atom stereocenters. The molecule has 1 aliphatic rings. The lowest BCUT2D eigenvalue weighted by atomic mass is 10.1. The number of hydrogen-bond acceptors (Lipinski definition) is 4. The van der Waals surface area contributed by atoms with Crippen molar-refractivity contribution in [1.82, 2.24) is 5.32 Å². The Kier molecular flexibility index (Phi) is 5.51. The highest BCUT2D eigenvalue weighted by Crippen LogP contribution is 2.34. The van der Waals surface area contributed by atoms with Crippen LogP contribution in [-0.4, -0.2) is 31.0 Å². The van der Waals surface area contributed by atoms with Crippen molar-refractivity contribution in [2.45, 2.75) is 0 Å². The van der Waals surface area contributed by atoms with Crippen LogP contribution in [0.15, 0.2) is 48.0 Å². The first-order valence-electron chi connectivity index (χ1n) is 7.92. The second-order valence-corrected chi connectivity index (χ2v) is 7.19. The molecule has 2 aromatic rings. The predicted octanol–water partition coefficient (Wildman–Crippen LogP) is 3.89. The van der Waals surface area contributed by atoms with Crippen LogP contribution in [0.3, 0.4) is 0 Å². The highest BCUT2D eigenvalue weighted by atomic mass is 35.5. The maximum absolute atomic E-state index is 13.0. The van der Waals surface area contributed by atoms with E-state index in [9.17, 15) is 9.59 Å². The number of amides is 2. The van der Waals surface area contributed by atoms with E-state index in [2.05, 4.69) is 5.32 Å². The van der Waals surface area contributed by atoms with Gasteiger partial charge in [-0.1, -0.05) is 41.4 Å². The van der Waals surface area contributed by atoms with E-state index in [1.165, 1.54) is 11.0 Å². The number of halogens is 2. The molecule has 2 aromatic carbocycles. The number of anilines is 2. The van der Waals surface area contributed by atoms with Crippen molar-refractivity contribution < 1.29 is 9.59 Å². The molecule has 2 amide bonds. The van der Waals surface area contributed by atoms with Crippen molar-refractivity contribution in [2.75, 3.05) is 23.9 Å². The van der Waals surface area contributed by atoms with Crippen LogP contribution in [0.4, 0.5) is 11.4 Å². The number of nitrogens with one attached hydrogen (secondary N) is 1. The van der Waals surface area contributed by atoms with Gasteiger partial charge in [0.25, 0.3) is 11.8 Å². The molecule has 1 heterocycles. The molecule has 0 radical (unpaired) electrons. The highest BCUT2D eigenvalue weighted by molar-refractivity contribution is 7.80. The lowest BCUT2D eigenvalue weighted by molar-refractivity contribution is -0.122. The lowest BCUT2D eigenvalue weighted by Gasteiger charge is -2.29. The van der Waals surface area contributed by atoms with Crippen molar-refractivity contribution in [3.8, 4) is 0 Å². The van der Waals surface area contributed by atoms with Gasteiger partial charge in [0.05, 0.1) is 15.7 Å². The molecule has 3 rings (SSSR count). The molecule has 1 fully saturated rings. The highest BCUT2D eigenvalue weighted by Gasteiger charge is 2.35. The summed E-state index contributed by atoms with van der Waals surface area (Å²) >= 11 is 17.4. The van der Waals surface area contributed by atoms with Gasteiger partial charge >= 0.3 is 0 Å². The molecule has 27 heavy (non-hydrogen) atoms. The van der Waals surface area contributed by atoms with Gasteiger partial charge in [0.2, 0.25) is 0 Å². The predicted molar refractivity (Wildman–Crippen MR) is 113 cm³/mol. The molecular weight excluding hydrogens is 405 g/mol. The number of carbonyl (C=O) groups is 2. The summed E-state index contributed by atoms with van der Waals surface area (Å²) in [7, 11) is 3.86. The summed E-state index contributed by atoms with van der Waals surface area (Å²) in [5, 5.41) is 2.94. The van der Waals surface area contributed by atoms with Crippen LogP contribution >= 0.6 is 35.4 Å². The average Bonchev–Trinajstić information content (AvgIpc) is 2.62. The maximum atomic E-state index is 13.0. The molecule has 0 aromatic heterocycles. The minimum absolute atomic E-state index is 0.0442. The van der Waals surface area contributed by atoms with Gasteiger partial charge in [-0.15, -0.1) is 0 Å². The molecule has 1 aliphatic heterocycles. The second kappa shape index (κ2) is 7.68. The Hall–Kier alpha value is -2.41. The van der Waals surface area contributed by atoms with E-state index in [0.717, 1.165) is 5.69 Å². The first kappa shape index (κ1) is 19.4. The molecule has 138 valence electrons. The Morgan fingerprint density at radius 2 is 1.74 bits per heavy atom. The molecule has 0 bridgehead atoms. The zero-order chi connectivity index (χ0) is 19.7. The second-order valence-electron chi connectivity index (χ2n) is 6.02. The van der Waals surface area contributed by atoms with Crippen LogP contribution < -0.4 is 15.1 Å². The van der Waals surface area contributed by atoms with Crippen LogP contribution in [-0.2, 0) is 9.59 Å². The van der Waals surface area contributed by atoms with Crippen molar-refractivity contribution in [3.05, 3.63) is 63.6 Å². The van der Waals surface area contributed by atoms with Crippen LogP contribution in [0, 0.1) is 0 Å². The van der Waals surface area contributed by atoms with E-state index in [4.69, 9.17) is 35.4 Å². The fourth-order valence-corrected chi connectivity index (χ4v) is 3.23. The van der Waals surface area contributed by atoms with Gasteiger partial charge in [-0.25, -0.2) is 0 Å². The fourth-order valence-electron chi connectivity index (χ4n) is 2.58. The summed E-state index contributed by atoms with van der Waals surface area (Å²) in [4.78, 5) is 28.5. The topological polar surface area (TPSA) is 52.7 Å². The summed E-state index contributed by atoms with van der Waals surface area (Å²) in [6.07, 6.45) is 1.52. The van der Waals surface area contributed by atoms with E-state index in [1.54, 1.807) is 18.2 Å². The quantitative estimate of drug-likeness (QED) is 0.465. The molecule has 0 saturated carbocycles. The van der Waals surface area contributed by atoms with E-state index in [0.29, 0.717) is 11.3 Å². The van der Waals surface area contributed by atoms with Crippen molar-refractivity contribution in [1.29, 1.82) is 0 Å². The minimum atomic E-state index is -0.565. The van der Waals surface area contributed by atoms with Crippen LogP contribution in [0.5, 0.6) is 0 Å². The Morgan fingerprint density at radius 3 is 2.37 bits per heavy atom. The Morgan fingerprint density at radius 1 is 1.07 bits per heavy atom. The van der Waals surface area contributed by atoms with E-state index >= 15 is 0 Å². The summed E-state index contributed by atoms with van der Waals surface area (Å²) in [5.41, 5.74) is 1.99. The third-order valence-electron chi connectivity index (χ3n) is 3.99. The summed E-state index contributed by atoms with van der Waals surface area (Å²) in [6, 6.07) is 12.3. The molecule has 0 spiro atoms. The van der Waals surface area contributed by atoms with Gasteiger partial charge in [-0.05, 0) is 48.1 Å². The smallest absolute Gasteiger partial charge is 0.270 e. The summed E-state index contributed by atoms with van der Waals surface area (Å²) < 4.78 is 0. The van der Waals surface area contributed by atoms with Crippen molar-refractivity contribution >= 4 is 69.8 Å². The van der Waals surface area contributed by atoms with Gasteiger partial charge in [-0.2, -0.15) is 0 Å². The van der Waals surface area contributed by atoms with Crippen molar-refractivity contribution in [2.24, 2.45) is 0 Å². The number of nitrogens with zero attached hydrogens (tertiary/aromatic N) is 2. The minimum Gasteiger partial charge on any atom is -0.378 e. The van der Waals surface area contributed by atoms with Crippen molar-refractivity contribution in [3.63, 3.8) is 0 Å². The normalized spacial score (nSPS) is 15.9. The Labute approximate surface area is 172 Å². The van der Waals surface area contributed by atoms with Crippen LogP contribution in [0.25, 0.3) is 6.08 Å². The van der Waals surface area contributed by atoms with E-state index < -0.39 is 11.8 Å². The van der Waals surface area contributed by atoms with Gasteiger partial charge < -0.3 is 4.90 Å². The molecule has 0 aliphatic carbocycles. The Balaban J connectivity index is 2.01. The molecule has 5 nitrogen and oxygen atoms in total. The third kappa shape index (κ3) is 3.83. The first-order valence-corrected chi connectivity index (χ1v) is 9.09. The van der Waals surface area contributed by atoms with E-state index in [1.807, 2.05) is 43.3 Å². The number of thiocarbonyl (C=S) groups is 1. The number of hydrogen-bond donors (Lipinski definition) is 1. The Bertz CT molecular complexity index is 971. The third-order valence-corrected chi connectivity index (χ3v) is 5.09. The molecule has 1 saturated heterocycles. The molecule has 1 N–H and O–H groups in total. The largest absolute Gasteiger partial charge is 0.378 e. The fraction of sp³-hybridized carbons (Fsp3) is 0.105. The number of carbonyl (C=O) groups excluding carboxylic acids is 2. The van der Waals surface area contributed by atoms with Crippen LogP contribution in [0.2, 0.25) is 10.0 Å². The van der Waals surface area contributed by atoms with Gasteiger partial charge in [-0.3, -0.25) is 19.8 Å². The van der Waals surface area contributed by atoms with E-state index in [-0.39, 0.29) is 20.7 Å². The van der Waals surface area contributed by atoms with Gasteiger partial charge in [0, 0.05) is 19.8 Å². The average molecular weight is 420 g/mol. The molecular formula is C19H15Cl2N3O2S. The maximum Gasteiger partial charge on any atom is 0.270 e. The first-order chi connectivity index (χ1) is 12.8. The van der Waals surface area contributed by atoms with Gasteiger partial charge in [0.15, 0.2) is 5.11 Å². The van der Waals surface area contributed by atoms with Gasteiger partial charge in [0.1, 0.15) is 5.57 Å². The monoisotopic (exact) mass is 419 g/mol. The summed E-state index contributed by atoms with van der Waals surface area (Å²) in [5.74, 6) is -1.12. The SMILES string of the molecule is CN(C)c1ccc(/C=C2\C(=O)NC(=S)N(c3cccc(Cl)c3Cl)C2=O)cc1. The number of benzene rings is 2. The zero-order valence-electron chi connectivity index (χ0n) is 14.5. The molecule has 8 heteroatoms. The lowest BCUT2D eigenvalue weighted by Crippen LogP contribution is -2.54. The molecule has 0 unspecified atom stereocenters. The summed E-state index contributed by atoms with van der Waals surface area (Å²) in [6.45, 7) is 0. The zero-order valence-corrected chi connectivity index (χ0v) is 16.8. The van der Waals surface area contributed by atoms with Crippen LogP contribution in [0.1, 0.15) is 5.56 Å².